The molecule has 0 aliphatic carbocycles. The summed E-state index contributed by atoms with van der Waals surface area (Å²) in [6.07, 6.45) is 0. The fraction of sp³-hybridized carbons (Fsp3) is 0.0667. The summed E-state index contributed by atoms with van der Waals surface area (Å²) >= 11 is 3.28. The van der Waals surface area contributed by atoms with Gasteiger partial charge in [-0.15, -0.1) is 10.2 Å². The topological polar surface area (TPSA) is 64.9 Å². The van der Waals surface area contributed by atoms with Crippen LogP contribution >= 0.6 is 15.9 Å². The molecule has 4 nitrogen and oxygen atoms in total. The fourth-order valence-corrected chi connectivity index (χ4v) is 2.46. The Hall–Kier alpha value is -2.05. The molecular weight excluding hydrogens is 337 g/mol. The van der Waals surface area contributed by atoms with E-state index < -0.39 is 6.04 Å². The summed E-state index contributed by atoms with van der Waals surface area (Å²) in [5, 5.41) is 7.95. The van der Waals surface area contributed by atoms with Gasteiger partial charge in [-0.3, -0.25) is 0 Å². The molecular formula is C15H11BrFN3O. The van der Waals surface area contributed by atoms with Gasteiger partial charge < -0.3 is 10.2 Å². The molecule has 1 aromatic heterocycles. The lowest BCUT2D eigenvalue weighted by atomic mass is 10.1. The molecule has 0 amide bonds. The first kappa shape index (κ1) is 13.9. The zero-order valence-electron chi connectivity index (χ0n) is 10.8. The number of hydrogen-bond acceptors (Lipinski definition) is 4. The highest BCUT2D eigenvalue weighted by Gasteiger charge is 2.18. The average Bonchev–Trinajstić information content (AvgIpc) is 2.97. The highest BCUT2D eigenvalue weighted by Crippen LogP contribution is 2.29. The van der Waals surface area contributed by atoms with E-state index in [1.165, 1.54) is 12.1 Å². The Bertz CT molecular complexity index is 761. The Labute approximate surface area is 128 Å². The summed E-state index contributed by atoms with van der Waals surface area (Å²) in [4.78, 5) is 0. The molecule has 0 radical (unpaired) electrons. The molecule has 0 aliphatic heterocycles. The van der Waals surface area contributed by atoms with Crippen LogP contribution in [-0.2, 0) is 0 Å². The number of rotatable bonds is 3. The molecule has 0 spiro atoms. The first-order chi connectivity index (χ1) is 10.1. The minimum Gasteiger partial charge on any atom is -0.419 e. The Kier molecular flexibility index (Phi) is 3.81. The van der Waals surface area contributed by atoms with Gasteiger partial charge >= 0.3 is 0 Å². The second-order valence-corrected chi connectivity index (χ2v) is 5.31. The summed E-state index contributed by atoms with van der Waals surface area (Å²) < 4.78 is 19.3. The number of halogens is 2. The van der Waals surface area contributed by atoms with E-state index in [2.05, 4.69) is 26.1 Å². The normalized spacial score (nSPS) is 12.3. The van der Waals surface area contributed by atoms with Crippen LogP contribution in [-0.4, -0.2) is 10.2 Å². The highest BCUT2D eigenvalue weighted by molar-refractivity contribution is 9.10. The molecule has 0 aliphatic rings. The molecule has 2 N–H and O–H groups in total. The molecule has 0 saturated heterocycles. The van der Waals surface area contributed by atoms with Crippen LogP contribution in [0.2, 0.25) is 0 Å². The molecule has 0 bridgehead atoms. The molecule has 0 saturated carbocycles. The van der Waals surface area contributed by atoms with Crippen molar-refractivity contribution >= 4 is 15.9 Å². The largest absolute Gasteiger partial charge is 0.419 e. The third kappa shape index (κ3) is 2.86. The first-order valence-corrected chi connectivity index (χ1v) is 7.04. The van der Waals surface area contributed by atoms with E-state index >= 15 is 0 Å². The number of hydrogen-bond donors (Lipinski definition) is 1. The van der Waals surface area contributed by atoms with Gasteiger partial charge in [-0.1, -0.05) is 30.3 Å². The van der Waals surface area contributed by atoms with Gasteiger partial charge in [-0.05, 0) is 39.7 Å². The lowest BCUT2D eigenvalue weighted by Gasteiger charge is -2.06. The monoisotopic (exact) mass is 347 g/mol. The predicted octanol–water partition coefficient (Wildman–Crippen LogP) is 3.69. The van der Waals surface area contributed by atoms with Crippen LogP contribution in [0.1, 0.15) is 17.5 Å². The molecule has 1 heterocycles. The van der Waals surface area contributed by atoms with Gasteiger partial charge in [0.25, 0.3) is 0 Å². The summed E-state index contributed by atoms with van der Waals surface area (Å²) in [6, 6.07) is 13.2. The minimum atomic E-state index is -0.494. The van der Waals surface area contributed by atoms with Crippen molar-refractivity contribution in [3.63, 3.8) is 0 Å². The molecule has 3 aromatic rings. The second kappa shape index (κ2) is 5.75. The van der Waals surface area contributed by atoms with E-state index in [0.717, 1.165) is 5.56 Å². The number of benzene rings is 2. The molecule has 21 heavy (non-hydrogen) atoms. The Balaban J connectivity index is 1.93. The van der Waals surface area contributed by atoms with Crippen LogP contribution in [0.5, 0.6) is 0 Å². The van der Waals surface area contributed by atoms with Crippen molar-refractivity contribution in [2.75, 3.05) is 0 Å². The van der Waals surface area contributed by atoms with Crippen LogP contribution in [0.25, 0.3) is 11.5 Å². The van der Waals surface area contributed by atoms with Crippen LogP contribution in [0.4, 0.5) is 4.39 Å². The van der Waals surface area contributed by atoms with Crippen molar-refractivity contribution in [1.29, 1.82) is 0 Å². The van der Waals surface area contributed by atoms with Crippen LogP contribution < -0.4 is 5.73 Å². The highest BCUT2D eigenvalue weighted by atomic mass is 79.9. The Morgan fingerprint density at radius 1 is 1.10 bits per heavy atom. The van der Waals surface area contributed by atoms with Crippen molar-refractivity contribution in [3.8, 4) is 11.5 Å². The van der Waals surface area contributed by atoms with E-state index in [4.69, 9.17) is 10.2 Å². The van der Waals surface area contributed by atoms with E-state index in [1.54, 1.807) is 6.07 Å². The van der Waals surface area contributed by atoms with Gasteiger partial charge in [-0.25, -0.2) is 4.39 Å². The quantitative estimate of drug-likeness (QED) is 0.784. The van der Waals surface area contributed by atoms with Gasteiger partial charge in [0.15, 0.2) is 0 Å². The smallest absolute Gasteiger partial charge is 0.248 e. The maximum atomic E-state index is 13.1. The number of nitrogens with zero attached hydrogens (tertiary/aromatic N) is 2. The second-order valence-electron chi connectivity index (χ2n) is 4.46. The molecule has 1 unspecified atom stereocenters. The van der Waals surface area contributed by atoms with Crippen LogP contribution in [0.15, 0.2) is 57.4 Å². The molecule has 106 valence electrons. The van der Waals surface area contributed by atoms with E-state index in [0.29, 0.717) is 21.8 Å². The van der Waals surface area contributed by atoms with Gasteiger partial charge in [-0.2, -0.15) is 0 Å². The molecule has 6 heteroatoms. The zero-order chi connectivity index (χ0) is 14.8. The van der Waals surface area contributed by atoms with Crippen LogP contribution in [0.3, 0.4) is 0 Å². The minimum absolute atomic E-state index is 0.295. The fourth-order valence-electron chi connectivity index (χ4n) is 1.93. The van der Waals surface area contributed by atoms with Crippen molar-refractivity contribution < 1.29 is 8.81 Å². The van der Waals surface area contributed by atoms with Crippen molar-refractivity contribution in [2.45, 2.75) is 6.04 Å². The van der Waals surface area contributed by atoms with E-state index in [9.17, 15) is 4.39 Å². The average molecular weight is 348 g/mol. The van der Waals surface area contributed by atoms with E-state index in [1.807, 2.05) is 30.3 Å². The lowest BCUT2D eigenvalue weighted by Crippen LogP contribution is -2.11. The summed E-state index contributed by atoms with van der Waals surface area (Å²) in [5.74, 6) is 0.266. The standard InChI is InChI=1S/C15H11BrFN3O/c16-12-8-10(17)6-7-11(12)14-19-20-15(21-14)13(18)9-4-2-1-3-5-9/h1-8,13H,18H2. The Morgan fingerprint density at radius 2 is 1.86 bits per heavy atom. The maximum Gasteiger partial charge on any atom is 0.248 e. The van der Waals surface area contributed by atoms with Crippen molar-refractivity contribution in [2.24, 2.45) is 5.73 Å². The lowest BCUT2D eigenvalue weighted by molar-refractivity contribution is 0.484. The van der Waals surface area contributed by atoms with Crippen molar-refractivity contribution in [1.82, 2.24) is 10.2 Å². The third-order valence-electron chi connectivity index (χ3n) is 3.03. The maximum absolute atomic E-state index is 13.1. The summed E-state index contributed by atoms with van der Waals surface area (Å²) in [7, 11) is 0. The third-order valence-corrected chi connectivity index (χ3v) is 3.68. The molecule has 1 atom stereocenters. The summed E-state index contributed by atoms with van der Waals surface area (Å²) in [6.45, 7) is 0. The Morgan fingerprint density at radius 3 is 2.57 bits per heavy atom. The van der Waals surface area contributed by atoms with Crippen LogP contribution in [0, 0.1) is 5.82 Å². The predicted molar refractivity (Wildman–Crippen MR) is 79.9 cm³/mol. The number of aromatic nitrogens is 2. The van der Waals surface area contributed by atoms with Gasteiger partial charge in [0.05, 0.1) is 5.56 Å². The molecule has 0 fully saturated rings. The van der Waals surface area contributed by atoms with E-state index in [-0.39, 0.29) is 5.82 Å². The first-order valence-electron chi connectivity index (χ1n) is 6.24. The van der Waals surface area contributed by atoms with Crippen molar-refractivity contribution in [3.05, 3.63) is 70.3 Å². The summed E-state index contributed by atoms with van der Waals surface area (Å²) in [5.41, 5.74) is 7.60. The van der Waals surface area contributed by atoms with Gasteiger partial charge in [0.2, 0.25) is 11.8 Å². The molecule has 3 rings (SSSR count). The molecule has 2 aromatic carbocycles. The van der Waals surface area contributed by atoms with Gasteiger partial charge in [0.1, 0.15) is 11.9 Å². The zero-order valence-corrected chi connectivity index (χ0v) is 12.4. The van der Waals surface area contributed by atoms with Gasteiger partial charge in [0, 0.05) is 4.47 Å². The SMILES string of the molecule is NC(c1ccccc1)c1nnc(-c2ccc(F)cc2Br)o1. The number of nitrogens with two attached hydrogens (primary N) is 1.